The van der Waals surface area contributed by atoms with Gasteiger partial charge in [0.05, 0.1) is 31.9 Å². The topological polar surface area (TPSA) is 114 Å². The SMILES string of the molecule is CN(C(=O)c1ccccc1)c1ccc2c(c1)nc(NC(=O)c1ccc(-c3cnco3)s1)n2CCN(C)S(=O)c1ccccc1. The lowest BCUT2D eigenvalue weighted by atomic mass is 10.2. The molecule has 0 radical (unpaired) electrons. The maximum atomic E-state index is 13.4. The molecule has 3 heterocycles. The summed E-state index contributed by atoms with van der Waals surface area (Å²) in [6, 6.07) is 27.4. The fraction of sp³-hybridized carbons (Fsp3) is 0.125. The Hall–Kier alpha value is -4.91. The number of thiophene rings is 1. The molecule has 0 saturated heterocycles. The summed E-state index contributed by atoms with van der Waals surface area (Å²) in [6.07, 6.45) is 2.94. The zero-order valence-electron chi connectivity index (χ0n) is 23.9. The van der Waals surface area contributed by atoms with Crippen LogP contribution in [0.15, 0.2) is 113 Å². The van der Waals surface area contributed by atoms with Crippen molar-refractivity contribution < 1.29 is 18.2 Å². The summed E-state index contributed by atoms with van der Waals surface area (Å²) in [4.78, 5) is 38.7. The Balaban J connectivity index is 1.29. The second-order valence-corrected chi connectivity index (χ2v) is 12.6. The van der Waals surface area contributed by atoms with Crippen LogP contribution in [0.4, 0.5) is 11.6 Å². The molecule has 1 unspecified atom stereocenters. The van der Waals surface area contributed by atoms with E-state index in [0.717, 1.165) is 10.4 Å². The lowest BCUT2D eigenvalue weighted by Gasteiger charge is -2.18. The molecule has 44 heavy (non-hydrogen) atoms. The number of hydrogen-bond donors (Lipinski definition) is 1. The van der Waals surface area contributed by atoms with E-state index in [2.05, 4.69) is 10.3 Å². The molecule has 3 aromatic carbocycles. The van der Waals surface area contributed by atoms with Crippen molar-refractivity contribution in [2.75, 3.05) is 30.9 Å². The molecule has 0 fully saturated rings. The maximum absolute atomic E-state index is 13.4. The predicted octanol–water partition coefficient (Wildman–Crippen LogP) is 5.94. The number of hydrogen-bond acceptors (Lipinski definition) is 7. The minimum absolute atomic E-state index is 0.150. The number of anilines is 2. The first-order valence-corrected chi connectivity index (χ1v) is 15.6. The van der Waals surface area contributed by atoms with Gasteiger partial charge in [-0.05, 0) is 54.6 Å². The van der Waals surface area contributed by atoms with Crippen LogP contribution in [0.3, 0.4) is 0 Å². The highest BCUT2D eigenvalue weighted by Crippen LogP contribution is 2.30. The fourth-order valence-electron chi connectivity index (χ4n) is 4.67. The molecule has 6 aromatic rings. The average Bonchev–Trinajstić information content (AvgIpc) is 3.83. The van der Waals surface area contributed by atoms with Gasteiger partial charge in [-0.15, -0.1) is 11.3 Å². The van der Waals surface area contributed by atoms with Gasteiger partial charge in [-0.2, -0.15) is 0 Å². The van der Waals surface area contributed by atoms with Gasteiger partial charge in [0.25, 0.3) is 11.8 Å². The molecular formula is C32H28N6O4S2. The van der Waals surface area contributed by atoms with Gasteiger partial charge in [0.15, 0.2) is 12.2 Å². The average molecular weight is 625 g/mol. The van der Waals surface area contributed by atoms with E-state index in [1.807, 2.05) is 77.4 Å². The standard InChI is InChI=1S/C32H28N6O4S2/c1-36(44(41)24-11-7-4-8-12-24)17-18-38-26-14-13-23(37(2)31(40)22-9-5-3-6-10-22)19-25(26)34-32(38)35-30(39)29-16-15-28(43-29)27-20-33-21-42-27/h3-16,19-21H,17-18H2,1-2H3,(H,34,35,39). The van der Waals surface area contributed by atoms with Crippen molar-refractivity contribution in [3.8, 4) is 10.6 Å². The number of imidazole rings is 1. The summed E-state index contributed by atoms with van der Waals surface area (Å²) in [6.45, 7) is 0.811. The molecule has 1 N–H and O–H groups in total. The van der Waals surface area contributed by atoms with E-state index >= 15 is 0 Å². The van der Waals surface area contributed by atoms with Gasteiger partial charge in [-0.1, -0.05) is 36.4 Å². The van der Waals surface area contributed by atoms with Crippen LogP contribution in [0.2, 0.25) is 0 Å². The van der Waals surface area contributed by atoms with E-state index in [4.69, 9.17) is 9.40 Å². The summed E-state index contributed by atoms with van der Waals surface area (Å²) in [5.74, 6) is 0.448. The molecular weight excluding hydrogens is 597 g/mol. The Kier molecular flexibility index (Phi) is 8.46. The van der Waals surface area contributed by atoms with Crippen LogP contribution < -0.4 is 10.2 Å². The number of benzene rings is 3. The zero-order chi connectivity index (χ0) is 30.6. The number of likely N-dealkylation sites (N-methyl/N-ethyl adjacent to an activating group) is 1. The van der Waals surface area contributed by atoms with Gasteiger partial charge in [-0.25, -0.2) is 18.5 Å². The number of nitrogens with one attached hydrogen (secondary N) is 1. The Labute approximate surface area is 260 Å². The van der Waals surface area contributed by atoms with E-state index < -0.39 is 11.0 Å². The van der Waals surface area contributed by atoms with Gasteiger partial charge >= 0.3 is 0 Å². The van der Waals surface area contributed by atoms with E-state index in [0.29, 0.717) is 51.3 Å². The molecule has 1 atom stereocenters. The van der Waals surface area contributed by atoms with Crippen molar-refractivity contribution in [2.24, 2.45) is 0 Å². The minimum Gasteiger partial charge on any atom is -0.443 e. The van der Waals surface area contributed by atoms with Gasteiger partial charge in [0, 0.05) is 38.4 Å². The second-order valence-electron chi connectivity index (χ2n) is 9.89. The van der Waals surface area contributed by atoms with Crippen molar-refractivity contribution in [3.63, 3.8) is 0 Å². The summed E-state index contributed by atoms with van der Waals surface area (Å²) < 4.78 is 22.1. The molecule has 12 heteroatoms. The van der Waals surface area contributed by atoms with Crippen molar-refractivity contribution in [2.45, 2.75) is 11.4 Å². The smallest absolute Gasteiger partial charge is 0.268 e. The number of carbonyl (C=O) groups is 2. The molecule has 0 aliphatic carbocycles. The molecule has 3 aromatic heterocycles. The largest absolute Gasteiger partial charge is 0.443 e. The first-order valence-electron chi connectivity index (χ1n) is 13.7. The van der Waals surface area contributed by atoms with E-state index in [1.54, 1.807) is 47.7 Å². The first kappa shape index (κ1) is 29.2. The second kappa shape index (κ2) is 12.8. The lowest BCUT2D eigenvalue weighted by molar-refractivity contribution is 0.0991. The molecule has 0 aliphatic heterocycles. The normalized spacial score (nSPS) is 12.0. The van der Waals surface area contributed by atoms with Crippen LogP contribution >= 0.6 is 11.3 Å². The number of amides is 2. The number of oxazole rings is 1. The monoisotopic (exact) mass is 624 g/mol. The highest BCUT2D eigenvalue weighted by Gasteiger charge is 2.20. The van der Waals surface area contributed by atoms with Crippen LogP contribution in [-0.2, 0) is 17.5 Å². The lowest BCUT2D eigenvalue weighted by Crippen LogP contribution is -2.26. The van der Waals surface area contributed by atoms with Crippen molar-refractivity contribution in [1.82, 2.24) is 18.8 Å². The predicted molar refractivity (Wildman–Crippen MR) is 172 cm³/mol. The first-order chi connectivity index (χ1) is 21.4. The Morgan fingerprint density at radius 1 is 0.977 bits per heavy atom. The molecule has 0 saturated carbocycles. The van der Waals surface area contributed by atoms with Crippen molar-refractivity contribution in [3.05, 3.63) is 114 Å². The van der Waals surface area contributed by atoms with Crippen LogP contribution in [0.1, 0.15) is 20.0 Å². The molecule has 0 spiro atoms. The highest BCUT2D eigenvalue weighted by atomic mass is 32.2. The van der Waals surface area contributed by atoms with Gasteiger partial charge < -0.3 is 13.9 Å². The maximum Gasteiger partial charge on any atom is 0.268 e. The summed E-state index contributed by atoms with van der Waals surface area (Å²) in [5, 5.41) is 2.96. The Bertz CT molecular complexity index is 1940. The van der Waals surface area contributed by atoms with Gasteiger partial charge in [0.1, 0.15) is 11.0 Å². The summed E-state index contributed by atoms with van der Waals surface area (Å²) in [5.41, 5.74) is 2.60. The van der Waals surface area contributed by atoms with Crippen molar-refractivity contribution in [1.29, 1.82) is 0 Å². The number of carbonyl (C=O) groups excluding carboxylic acids is 2. The van der Waals surface area contributed by atoms with Crippen LogP contribution in [0.5, 0.6) is 0 Å². The summed E-state index contributed by atoms with van der Waals surface area (Å²) >= 11 is 1.28. The molecule has 10 nitrogen and oxygen atoms in total. The highest BCUT2D eigenvalue weighted by molar-refractivity contribution is 7.82. The minimum atomic E-state index is -1.36. The third-order valence-electron chi connectivity index (χ3n) is 7.04. The summed E-state index contributed by atoms with van der Waals surface area (Å²) in [7, 11) is 2.15. The molecule has 0 bridgehead atoms. The van der Waals surface area contributed by atoms with Gasteiger partial charge in [0.2, 0.25) is 5.95 Å². The van der Waals surface area contributed by atoms with E-state index in [-0.39, 0.29) is 11.8 Å². The van der Waals surface area contributed by atoms with Crippen LogP contribution in [0, 0.1) is 0 Å². The number of nitrogens with zero attached hydrogens (tertiary/aromatic N) is 5. The Morgan fingerprint density at radius 2 is 1.73 bits per heavy atom. The van der Waals surface area contributed by atoms with Crippen LogP contribution in [0.25, 0.3) is 21.7 Å². The molecule has 222 valence electrons. The third kappa shape index (κ3) is 6.09. The van der Waals surface area contributed by atoms with Crippen molar-refractivity contribution >= 4 is 56.8 Å². The fourth-order valence-corrected chi connectivity index (χ4v) is 6.53. The molecule has 6 rings (SSSR count). The number of rotatable bonds is 10. The number of fused-ring (bicyclic) bond motifs is 1. The zero-order valence-corrected chi connectivity index (χ0v) is 25.5. The molecule has 2 amide bonds. The van der Waals surface area contributed by atoms with E-state index in [9.17, 15) is 13.8 Å². The quantitative estimate of drug-likeness (QED) is 0.202. The molecule has 0 aliphatic rings. The van der Waals surface area contributed by atoms with Crippen LogP contribution in [-0.4, -0.2) is 55.5 Å². The third-order valence-corrected chi connectivity index (χ3v) is 9.56. The van der Waals surface area contributed by atoms with E-state index in [1.165, 1.54) is 17.7 Å². The number of aromatic nitrogens is 3. The van der Waals surface area contributed by atoms with Gasteiger partial charge in [-0.3, -0.25) is 14.9 Å². The Morgan fingerprint density at radius 3 is 2.45 bits per heavy atom.